The maximum absolute atomic E-state index is 12.4. The van der Waals surface area contributed by atoms with E-state index in [1.54, 1.807) is 0 Å². The van der Waals surface area contributed by atoms with E-state index in [-0.39, 0.29) is 11.0 Å². The molecule has 0 aliphatic heterocycles. The summed E-state index contributed by atoms with van der Waals surface area (Å²) in [6, 6.07) is -0.209. The van der Waals surface area contributed by atoms with Crippen LogP contribution in [-0.2, 0) is 0 Å². The molecule has 0 aliphatic rings. The normalized spacial score (nSPS) is 14.1. The molecule has 0 saturated carbocycles. The summed E-state index contributed by atoms with van der Waals surface area (Å²) in [5.41, 5.74) is 5.39. The predicted octanol–water partition coefficient (Wildman–Crippen LogP) is 2.72. The molecular weight excluding hydrogens is 237 g/mol. The number of nitrogens with two attached hydrogens (primary N) is 1. The van der Waals surface area contributed by atoms with Gasteiger partial charge in [0.2, 0.25) is 0 Å². The Balaban J connectivity index is 4.51. The maximum Gasteiger partial charge on any atom is 0.401 e. The third kappa shape index (κ3) is 7.00. The van der Waals surface area contributed by atoms with Gasteiger partial charge in [0, 0.05) is 12.5 Å². The van der Waals surface area contributed by atoms with Crippen molar-refractivity contribution in [1.29, 1.82) is 0 Å². The fraction of sp³-hybridized carbons (Fsp3) is 0.900. The Bertz CT molecular complexity index is 219. The van der Waals surface area contributed by atoms with Gasteiger partial charge < -0.3 is 5.73 Å². The summed E-state index contributed by atoms with van der Waals surface area (Å²) in [7, 11) is 0. The average molecular weight is 256 g/mol. The van der Waals surface area contributed by atoms with E-state index in [4.69, 9.17) is 18.0 Å². The quantitative estimate of drug-likeness (QED) is 0.710. The zero-order valence-electron chi connectivity index (χ0n) is 9.68. The van der Waals surface area contributed by atoms with Crippen LogP contribution < -0.4 is 5.73 Å². The highest BCUT2D eigenvalue weighted by Gasteiger charge is 2.33. The van der Waals surface area contributed by atoms with Gasteiger partial charge in [-0.2, -0.15) is 13.2 Å². The highest BCUT2D eigenvalue weighted by Crippen LogP contribution is 2.20. The Hall–Kier alpha value is -0.360. The van der Waals surface area contributed by atoms with Gasteiger partial charge in [-0.3, -0.25) is 4.90 Å². The zero-order chi connectivity index (χ0) is 12.8. The van der Waals surface area contributed by atoms with Crippen molar-refractivity contribution in [2.75, 3.05) is 13.1 Å². The van der Waals surface area contributed by atoms with Crippen molar-refractivity contribution < 1.29 is 13.2 Å². The minimum Gasteiger partial charge on any atom is -0.393 e. The first-order chi connectivity index (χ1) is 7.30. The van der Waals surface area contributed by atoms with Crippen LogP contribution in [0.1, 0.15) is 33.1 Å². The van der Waals surface area contributed by atoms with Crippen LogP contribution >= 0.6 is 12.2 Å². The topological polar surface area (TPSA) is 29.3 Å². The molecule has 0 bridgehead atoms. The van der Waals surface area contributed by atoms with Crippen LogP contribution in [0.4, 0.5) is 13.2 Å². The molecule has 16 heavy (non-hydrogen) atoms. The molecule has 0 spiro atoms. The van der Waals surface area contributed by atoms with E-state index >= 15 is 0 Å². The number of thiocarbonyl (C=S) groups is 1. The molecule has 0 aromatic heterocycles. The first-order valence-corrected chi connectivity index (χ1v) is 5.80. The molecule has 0 aliphatic carbocycles. The fourth-order valence-corrected chi connectivity index (χ4v) is 1.86. The Kier molecular flexibility index (Phi) is 6.90. The number of rotatable bonds is 7. The number of nitrogens with zero attached hydrogens (tertiary/aromatic N) is 1. The van der Waals surface area contributed by atoms with Crippen LogP contribution in [-0.4, -0.2) is 35.2 Å². The Morgan fingerprint density at radius 2 is 1.94 bits per heavy atom. The highest BCUT2D eigenvalue weighted by atomic mass is 32.1. The zero-order valence-corrected chi connectivity index (χ0v) is 10.5. The Labute approximate surface area is 100.0 Å². The van der Waals surface area contributed by atoms with E-state index < -0.39 is 12.7 Å². The molecule has 1 unspecified atom stereocenters. The number of halogens is 3. The minimum absolute atomic E-state index is 0.209. The average Bonchev–Trinajstić information content (AvgIpc) is 2.11. The molecule has 0 radical (unpaired) electrons. The molecule has 6 heteroatoms. The van der Waals surface area contributed by atoms with Crippen molar-refractivity contribution in [1.82, 2.24) is 4.90 Å². The van der Waals surface area contributed by atoms with Gasteiger partial charge in [0.1, 0.15) is 0 Å². The molecule has 1 atom stereocenters. The van der Waals surface area contributed by atoms with Crippen molar-refractivity contribution in [2.45, 2.75) is 45.3 Å². The number of hydrogen-bond acceptors (Lipinski definition) is 2. The van der Waals surface area contributed by atoms with Crippen LogP contribution in [0.3, 0.4) is 0 Å². The van der Waals surface area contributed by atoms with Crippen molar-refractivity contribution in [2.24, 2.45) is 5.73 Å². The highest BCUT2D eigenvalue weighted by molar-refractivity contribution is 7.80. The van der Waals surface area contributed by atoms with Gasteiger partial charge >= 0.3 is 6.18 Å². The Morgan fingerprint density at radius 3 is 2.25 bits per heavy atom. The molecule has 0 fully saturated rings. The van der Waals surface area contributed by atoms with E-state index in [1.807, 2.05) is 13.8 Å². The minimum atomic E-state index is -4.17. The monoisotopic (exact) mass is 256 g/mol. The van der Waals surface area contributed by atoms with Crippen molar-refractivity contribution in [3.8, 4) is 0 Å². The fourth-order valence-electron chi connectivity index (χ4n) is 1.67. The van der Waals surface area contributed by atoms with E-state index in [1.165, 1.54) is 4.90 Å². The second kappa shape index (κ2) is 7.06. The van der Waals surface area contributed by atoms with Crippen LogP contribution in [0.25, 0.3) is 0 Å². The maximum atomic E-state index is 12.4. The van der Waals surface area contributed by atoms with Crippen LogP contribution in [0.15, 0.2) is 0 Å². The smallest absolute Gasteiger partial charge is 0.393 e. The van der Waals surface area contributed by atoms with Gasteiger partial charge in [-0.15, -0.1) is 0 Å². The first-order valence-electron chi connectivity index (χ1n) is 5.39. The summed E-state index contributed by atoms with van der Waals surface area (Å²) in [5, 5.41) is 0. The van der Waals surface area contributed by atoms with Gasteiger partial charge in [-0.05, 0) is 19.4 Å². The molecule has 96 valence electrons. The lowest BCUT2D eigenvalue weighted by Gasteiger charge is -2.31. The third-order valence-electron chi connectivity index (χ3n) is 2.32. The molecule has 0 saturated heterocycles. The van der Waals surface area contributed by atoms with Crippen molar-refractivity contribution in [3.05, 3.63) is 0 Å². The standard InChI is InChI=1S/C10H19F3N2S/c1-3-5-15(7-10(11,12)13)8(4-2)6-9(14)16/h8H,3-7H2,1-2H3,(H2,14,16). The van der Waals surface area contributed by atoms with Crippen LogP contribution in [0, 0.1) is 0 Å². The summed E-state index contributed by atoms with van der Waals surface area (Å²) in [4.78, 5) is 1.69. The van der Waals surface area contributed by atoms with E-state index in [2.05, 4.69) is 0 Å². The van der Waals surface area contributed by atoms with Crippen LogP contribution in [0.2, 0.25) is 0 Å². The van der Waals surface area contributed by atoms with Gasteiger partial charge in [-0.25, -0.2) is 0 Å². The lowest BCUT2D eigenvalue weighted by atomic mass is 10.1. The summed E-state index contributed by atoms with van der Waals surface area (Å²) in [6.45, 7) is 3.24. The van der Waals surface area contributed by atoms with Gasteiger partial charge in [0.15, 0.2) is 0 Å². The Morgan fingerprint density at radius 1 is 1.38 bits per heavy atom. The second-order valence-electron chi connectivity index (χ2n) is 3.82. The molecule has 0 rings (SSSR count). The van der Waals surface area contributed by atoms with Crippen molar-refractivity contribution >= 4 is 17.2 Å². The summed E-state index contributed by atoms with van der Waals surface area (Å²) >= 11 is 4.75. The number of alkyl halides is 3. The lowest BCUT2D eigenvalue weighted by Crippen LogP contribution is -2.43. The molecule has 0 aromatic carbocycles. The second-order valence-corrected chi connectivity index (χ2v) is 4.34. The molecule has 0 amide bonds. The van der Waals surface area contributed by atoms with Gasteiger partial charge in [0.05, 0.1) is 11.5 Å². The molecule has 2 N–H and O–H groups in total. The van der Waals surface area contributed by atoms with Crippen LogP contribution in [0.5, 0.6) is 0 Å². The lowest BCUT2D eigenvalue weighted by molar-refractivity contribution is -0.150. The summed E-state index contributed by atoms with van der Waals surface area (Å²) in [5.74, 6) is 0. The van der Waals surface area contributed by atoms with E-state index in [0.717, 1.165) is 0 Å². The predicted molar refractivity (Wildman–Crippen MR) is 63.4 cm³/mol. The van der Waals surface area contributed by atoms with Crippen molar-refractivity contribution in [3.63, 3.8) is 0 Å². The first kappa shape index (κ1) is 15.6. The summed E-state index contributed by atoms with van der Waals surface area (Å²) in [6.07, 6.45) is -2.52. The molecule has 0 aromatic rings. The molecular formula is C10H19F3N2S. The SMILES string of the molecule is CCCN(CC(F)(F)F)C(CC)CC(N)=S. The largest absolute Gasteiger partial charge is 0.401 e. The van der Waals surface area contributed by atoms with Gasteiger partial charge in [0.25, 0.3) is 0 Å². The van der Waals surface area contributed by atoms with E-state index in [0.29, 0.717) is 25.8 Å². The third-order valence-corrected chi connectivity index (χ3v) is 2.48. The number of hydrogen-bond donors (Lipinski definition) is 1. The van der Waals surface area contributed by atoms with E-state index in [9.17, 15) is 13.2 Å². The molecule has 2 nitrogen and oxygen atoms in total. The molecule has 0 heterocycles. The summed E-state index contributed by atoms with van der Waals surface area (Å²) < 4.78 is 37.1. The van der Waals surface area contributed by atoms with Gasteiger partial charge in [-0.1, -0.05) is 26.1 Å².